The van der Waals surface area contributed by atoms with Crippen LogP contribution in [0.2, 0.25) is 0 Å². The highest BCUT2D eigenvalue weighted by atomic mass is 16.5. The Labute approximate surface area is 146 Å². The van der Waals surface area contributed by atoms with Gasteiger partial charge in [-0.1, -0.05) is 0 Å². The van der Waals surface area contributed by atoms with E-state index < -0.39 is 0 Å². The lowest BCUT2D eigenvalue weighted by Gasteiger charge is -2.32. The van der Waals surface area contributed by atoms with Gasteiger partial charge in [0.1, 0.15) is 18.0 Å². The Morgan fingerprint density at radius 1 is 1.16 bits per heavy atom. The zero-order chi connectivity index (χ0) is 17.1. The molecular formula is C16H23N7O2. The van der Waals surface area contributed by atoms with Crippen molar-refractivity contribution in [3.05, 3.63) is 18.3 Å². The van der Waals surface area contributed by atoms with Crippen molar-refractivity contribution in [1.82, 2.24) is 20.1 Å². The van der Waals surface area contributed by atoms with E-state index in [0.717, 1.165) is 63.9 Å². The van der Waals surface area contributed by atoms with Gasteiger partial charge in [0.05, 0.1) is 13.2 Å². The van der Waals surface area contributed by atoms with Crippen LogP contribution in [0.25, 0.3) is 0 Å². The number of hydrogen-bond acceptors (Lipinski definition) is 9. The van der Waals surface area contributed by atoms with Gasteiger partial charge in [-0.3, -0.25) is 0 Å². The number of hydrogen-bond donors (Lipinski definition) is 1. The first kappa shape index (κ1) is 16.1. The van der Waals surface area contributed by atoms with E-state index in [0.29, 0.717) is 17.9 Å². The fourth-order valence-electron chi connectivity index (χ4n) is 3.29. The van der Waals surface area contributed by atoms with Crippen molar-refractivity contribution in [3.63, 3.8) is 0 Å². The number of ether oxygens (including phenoxy) is 1. The lowest BCUT2D eigenvalue weighted by molar-refractivity contribution is 0.122. The first-order chi connectivity index (χ1) is 12.3. The van der Waals surface area contributed by atoms with Crippen molar-refractivity contribution >= 4 is 17.6 Å². The molecule has 2 aromatic heterocycles. The third-order valence-corrected chi connectivity index (χ3v) is 4.56. The molecule has 1 atom stereocenters. The summed E-state index contributed by atoms with van der Waals surface area (Å²) in [6, 6.07) is 2.31. The number of morpholine rings is 1. The molecule has 9 heteroatoms. The van der Waals surface area contributed by atoms with Crippen molar-refractivity contribution < 1.29 is 9.26 Å². The molecule has 2 aliphatic rings. The van der Waals surface area contributed by atoms with Crippen molar-refractivity contribution in [2.45, 2.75) is 25.8 Å². The Morgan fingerprint density at radius 3 is 2.84 bits per heavy atom. The minimum atomic E-state index is 0.292. The number of piperidine rings is 1. The fraction of sp³-hybridized carbons (Fsp3) is 0.625. The van der Waals surface area contributed by atoms with Crippen molar-refractivity contribution in [2.75, 3.05) is 54.5 Å². The smallest absolute Gasteiger partial charge is 0.266 e. The average Bonchev–Trinajstić information content (AvgIpc) is 3.09. The largest absolute Gasteiger partial charge is 0.378 e. The second-order valence-corrected chi connectivity index (χ2v) is 6.40. The van der Waals surface area contributed by atoms with Crippen molar-refractivity contribution in [3.8, 4) is 0 Å². The number of anilines is 3. The highest BCUT2D eigenvalue weighted by Crippen LogP contribution is 2.21. The van der Waals surface area contributed by atoms with E-state index >= 15 is 0 Å². The van der Waals surface area contributed by atoms with Crippen LogP contribution in [0.5, 0.6) is 0 Å². The summed E-state index contributed by atoms with van der Waals surface area (Å²) in [5, 5.41) is 7.55. The molecule has 0 bridgehead atoms. The van der Waals surface area contributed by atoms with E-state index in [2.05, 4.69) is 35.2 Å². The summed E-state index contributed by atoms with van der Waals surface area (Å²) in [4.78, 5) is 17.5. The van der Waals surface area contributed by atoms with Gasteiger partial charge in [-0.15, -0.1) is 0 Å². The van der Waals surface area contributed by atoms with Gasteiger partial charge in [-0.2, -0.15) is 4.98 Å². The van der Waals surface area contributed by atoms with Crippen LogP contribution in [0, 0.1) is 6.92 Å². The highest BCUT2D eigenvalue weighted by Gasteiger charge is 2.23. The van der Waals surface area contributed by atoms with Crippen LogP contribution in [-0.4, -0.2) is 65.5 Å². The molecule has 1 N–H and O–H groups in total. The predicted molar refractivity (Wildman–Crippen MR) is 93.0 cm³/mol. The van der Waals surface area contributed by atoms with Crippen molar-refractivity contribution in [2.24, 2.45) is 0 Å². The molecule has 0 saturated carbocycles. The van der Waals surface area contributed by atoms with Gasteiger partial charge >= 0.3 is 0 Å². The Morgan fingerprint density at radius 2 is 2.04 bits per heavy atom. The Kier molecular flexibility index (Phi) is 4.64. The molecule has 0 unspecified atom stereocenters. The summed E-state index contributed by atoms with van der Waals surface area (Å²) in [6.45, 7) is 6.80. The summed E-state index contributed by atoms with van der Waals surface area (Å²) < 4.78 is 10.5. The van der Waals surface area contributed by atoms with Gasteiger partial charge in [0.15, 0.2) is 0 Å². The predicted octanol–water partition coefficient (Wildman–Crippen LogP) is 1.09. The van der Waals surface area contributed by atoms with Crippen LogP contribution in [0.4, 0.5) is 17.6 Å². The Bertz CT molecular complexity index is 701. The van der Waals surface area contributed by atoms with Crippen LogP contribution in [0.3, 0.4) is 0 Å². The standard InChI is InChI=1S/C16H23N7O2/c1-12-19-16(21-25-12)23-4-2-3-13(10-23)20-14-9-15(18-11-17-14)22-5-7-24-8-6-22/h9,11,13H,2-8,10H2,1H3,(H,17,18,20)/t13-/m1/s1. The number of rotatable bonds is 4. The summed E-state index contributed by atoms with van der Waals surface area (Å²) in [6.07, 6.45) is 3.78. The van der Waals surface area contributed by atoms with Gasteiger partial charge in [0, 0.05) is 45.2 Å². The van der Waals surface area contributed by atoms with Crippen LogP contribution in [0.1, 0.15) is 18.7 Å². The number of nitrogens with one attached hydrogen (secondary N) is 1. The topological polar surface area (TPSA) is 92.4 Å². The fourth-order valence-corrected chi connectivity index (χ4v) is 3.29. The van der Waals surface area contributed by atoms with E-state index in [1.54, 1.807) is 6.33 Å². The summed E-state index contributed by atoms with van der Waals surface area (Å²) in [7, 11) is 0. The molecule has 0 aliphatic carbocycles. The van der Waals surface area contributed by atoms with E-state index in [9.17, 15) is 0 Å². The van der Waals surface area contributed by atoms with Crippen LogP contribution in [-0.2, 0) is 4.74 Å². The zero-order valence-electron chi connectivity index (χ0n) is 14.4. The third-order valence-electron chi connectivity index (χ3n) is 4.56. The molecule has 0 aromatic carbocycles. The molecule has 0 radical (unpaired) electrons. The van der Waals surface area contributed by atoms with Crippen LogP contribution in [0.15, 0.2) is 16.9 Å². The quantitative estimate of drug-likeness (QED) is 0.874. The maximum atomic E-state index is 5.40. The van der Waals surface area contributed by atoms with Crippen LogP contribution >= 0.6 is 0 Å². The van der Waals surface area contributed by atoms with Gasteiger partial charge in [-0.05, 0) is 18.0 Å². The Balaban J connectivity index is 1.41. The van der Waals surface area contributed by atoms with Crippen LogP contribution < -0.4 is 15.1 Å². The minimum Gasteiger partial charge on any atom is -0.378 e. The van der Waals surface area contributed by atoms with E-state index in [4.69, 9.17) is 9.26 Å². The number of nitrogens with zero attached hydrogens (tertiary/aromatic N) is 6. The van der Waals surface area contributed by atoms with E-state index in [1.807, 2.05) is 13.0 Å². The maximum Gasteiger partial charge on any atom is 0.266 e. The Hall–Kier alpha value is -2.42. The summed E-state index contributed by atoms with van der Waals surface area (Å²) >= 11 is 0. The maximum absolute atomic E-state index is 5.40. The van der Waals surface area contributed by atoms with Crippen molar-refractivity contribution in [1.29, 1.82) is 0 Å². The molecule has 0 spiro atoms. The number of aryl methyl sites for hydroxylation is 1. The molecule has 25 heavy (non-hydrogen) atoms. The van der Waals surface area contributed by atoms with Gasteiger partial charge in [0.25, 0.3) is 5.95 Å². The second-order valence-electron chi connectivity index (χ2n) is 6.40. The molecule has 134 valence electrons. The molecular weight excluding hydrogens is 322 g/mol. The molecule has 2 fully saturated rings. The zero-order valence-corrected chi connectivity index (χ0v) is 14.4. The van der Waals surface area contributed by atoms with E-state index in [1.165, 1.54) is 0 Å². The number of aromatic nitrogens is 4. The van der Waals surface area contributed by atoms with Gasteiger partial charge < -0.3 is 24.4 Å². The molecule has 4 rings (SSSR count). The normalized spacial score (nSPS) is 21.4. The molecule has 2 aliphatic heterocycles. The lowest BCUT2D eigenvalue weighted by Crippen LogP contribution is -2.43. The summed E-state index contributed by atoms with van der Waals surface area (Å²) in [5.41, 5.74) is 0. The molecule has 2 saturated heterocycles. The SMILES string of the molecule is Cc1nc(N2CCC[C@@H](Nc3cc(N4CCOCC4)ncn3)C2)no1. The first-order valence-corrected chi connectivity index (χ1v) is 8.74. The second kappa shape index (κ2) is 7.22. The van der Waals surface area contributed by atoms with E-state index in [-0.39, 0.29) is 0 Å². The lowest BCUT2D eigenvalue weighted by atomic mass is 10.1. The summed E-state index contributed by atoms with van der Waals surface area (Å²) in [5.74, 6) is 3.06. The highest BCUT2D eigenvalue weighted by molar-refractivity contribution is 5.49. The monoisotopic (exact) mass is 345 g/mol. The first-order valence-electron chi connectivity index (χ1n) is 8.74. The third kappa shape index (κ3) is 3.81. The molecule has 0 amide bonds. The molecule has 4 heterocycles. The minimum absolute atomic E-state index is 0.292. The van der Waals surface area contributed by atoms with Gasteiger partial charge in [0.2, 0.25) is 5.89 Å². The molecule has 2 aromatic rings. The van der Waals surface area contributed by atoms with Gasteiger partial charge in [-0.25, -0.2) is 9.97 Å². The average molecular weight is 345 g/mol. The molecule has 9 nitrogen and oxygen atoms in total.